The monoisotopic (exact) mass is 387 g/mol. The third-order valence-corrected chi connectivity index (χ3v) is 6.44. The van der Waals surface area contributed by atoms with Crippen molar-refractivity contribution in [1.82, 2.24) is 9.97 Å². The predicted octanol–water partition coefficient (Wildman–Crippen LogP) is 4.16. The molecule has 0 saturated heterocycles. The average molecular weight is 387 g/mol. The minimum absolute atomic E-state index is 0.0924. The van der Waals surface area contributed by atoms with E-state index in [-0.39, 0.29) is 18.0 Å². The van der Waals surface area contributed by atoms with Gasteiger partial charge in [-0.2, -0.15) is 0 Å². The van der Waals surface area contributed by atoms with Crippen molar-refractivity contribution >= 4 is 44.9 Å². The van der Waals surface area contributed by atoms with Gasteiger partial charge in [-0.05, 0) is 38.5 Å². The molecule has 26 heavy (non-hydrogen) atoms. The second-order valence-corrected chi connectivity index (χ2v) is 8.49. The molecule has 1 atom stereocenters. The summed E-state index contributed by atoms with van der Waals surface area (Å²) in [5.41, 5.74) is 1.86. The van der Waals surface area contributed by atoms with Gasteiger partial charge in [0, 0.05) is 22.0 Å². The number of aryl methyl sites for hydroxylation is 2. The Morgan fingerprint density at radius 3 is 2.92 bits per heavy atom. The fourth-order valence-corrected chi connectivity index (χ4v) is 4.72. The lowest BCUT2D eigenvalue weighted by atomic mass is 10.2. The number of hydrogen-bond donors (Lipinski definition) is 1. The Morgan fingerprint density at radius 1 is 1.27 bits per heavy atom. The summed E-state index contributed by atoms with van der Waals surface area (Å²) in [7, 11) is 0. The Kier molecular flexibility index (Phi) is 4.46. The average Bonchev–Trinajstić information content (AvgIpc) is 3.19. The molecule has 0 radical (unpaired) electrons. The standard InChI is InChI=1S/C18H17N3O3S2/c1-9-10(2)25-17-15(9)18(20-7-19-17)26-11(3)16(22)21-12-4-5-13-14(6-12)24-8-23-13/h4-7,11H,8H2,1-3H3,(H,21,22)/t11-/m1/s1. The van der Waals surface area contributed by atoms with Crippen LogP contribution in [-0.2, 0) is 4.79 Å². The number of thiophene rings is 1. The van der Waals surface area contributed by atoms with E-state index >= 15 is 0 Å². The highest BCUT2D eigenvalue weighted by atomic mass is 32.2. The number of hydrogen-bond acceptors (Lipinski definition) is 7. The Morgan fingerprint density at radius 2 is 2.08 bits per heavy atom. The van der Waals surface area contributed by atoms with Crippen LogP contribution >= 0.6 is 23.1 Å². The van der Waals surface area contributed by atoms with Crippen molar-refractivity contribution in [2.24, 2.45) is 0 Å². The number of carbonyl (C=O) groups excluding carboxylic acids is 1. The second-order valence-electron chi connectivity index (χ2n) is 5.96. The molecule has 0 fully saturated rings. The van der Waals surface area contributed by atoms with Crippen LogP contribution in [0.1, 0.15) is 17.4 Å². The van der Waals surface area contributed by atoms with Gasteiger partial charge in [0.2, 0.25) is 12.7 Å². The summed E-state index contributed by atoms with van der Waals surface area (Å²) in [5.74, 6) is 1.24. The van der Waals surface area contributed by atoms with Crippen LogP contribution in [0.2, 0.25) is 0 Å². The number of thioether (sulfide) groups is 1. The van der Waals surface area contributed by atoms with Crippen molar-refractivity contribution in [1.29, 1.82) is 0 Å². The zero-order valence-electron chi connectivity index (χ0n) is 14.5. The van der Waals surface area contributed by atoms with E-state index < -0.39 is 0 Å². The number of ether oxygens (including phenoxy) is 2. The lowest BCUT2D eigenvalue weighted by Crippen LogP contribution is -2.22. The molecule has 8 heteroatoms. The van der Waals surface area contributed by atoms with Gasteiger partial charge in [-0.25, -0.2) is 9.97 Å². The van der Waals surface area contributed by atoms with Crippen molar-refractivity contribution in [2.45, 2.75) is 31.0 Å². The van der Waals surface area contributed by atoms with Crippen molar-refractivity contribution in [3.05, 3.63) is 35.0 Å². The van der Waals surface area contributed by atoms with Gasteiger partial charge >= 0.3 is 0 Å². The number of nitrogens with zero attached hydrogens (tertiary/aromatic N) is 2. The van der Waals surface area contributed by atoms with E-state index in [1.165, 1.54) is 22.2 Å². The van der Waals surface area contributed by atoms with Gasteiger partial charge in [0.05, 0.1) is 5.25 Å². The molecule has 1 aromatic carbocycles. The van der Waals surface area contributed by atoms with Crippen LogP contribution in [0, 0.1) is 13.8 Å². The number of rotatable bonds is 4. The molecule has 6 nitrogen and oxygen atoms in total. The second kappa shape index (κ2) is 6.77. The minimum atomic E-state index is -0.307. The summed E-state index contributed by atoms with van der Waals surface area (Å²) in [5, 5.41) is 4.50. The lowest BCUT2D eigenvalue weighted by molar-refractivity contribution is -0.115. The van der Waals surface area contributed by atoms with Crippen LogP contribution in [0.5, 0.6) is 11.5 Å². The number of nitrogens with one attached hydrogen (secondary N) is 1. The van der Waals surface area contributed by atoms with Crippen LogP contribution in [0.25, 0.3) is 10.2 Å². The van der Waals surface area contributed by atoms with Crippen LogP contribution in [0.15, 0.2) is 29.6 Å². The molecule has 0 unspecified atom stereocenters. The van der Waals surface area contributed by atoms with Crippen molar-refractivity contribution in [3.63, 3.8) is 0 Å². The van der Waals surface area contributed by atoms with E-state index in [0.717, 1.165) is 15.2 Å². The lowest BCUT2D eigenvalue weighted by Gasteiger charge is -2.12. The van der Waals surface area contributed by atoms with Gasteiger partial charge in [-0.15, -0.1) is 11.3 Å². The number of carbonyl (C=O) groups is 1. The molecule has 3 heterocycles. The summed E-state index contributed by atoms with van der Waals surface area (Å²) in [6.07, 6.45) is 1.56. The van der Waals surface area contributed by atoms with Crippen molar-refractivity contribution in [2.75, 3.05) is 12.1 Å². The molecule has 0 bridgehead atoms. The van der Waals surface area contributed by atoms with Gasteiger partial charge in [-0.3, -0.25) is 4.79 Å². The van der Waals surface area contributed by atoms with E-state index in [9.17, 15) is 4.79 Å². The van der Waals surface area contributed by atoms with E-state index in [2.05, 4.69) is 29.1 Å². The number of anilines is 1. The molecule has 0 aliphatic carbocycles. The maximum absolute atomic E-state index is 12.6. The molecule has 1 N–H and O–H groups in total. The summed E-state index contributed by atoms with van der Waals surface area (Å²) in [6, 6.07) is 5.37. The topological polar surface area (TPSA) is 73.3 Å². The quantitative estimate of drug-likeness (QED) is 0.535. The number of aromatic nitrogens is 2. The summed E-state index contributed by atoms with van der Waals surface area (Å²) in [6.45, 7) is 6.22. The van der Waals surface area contributed by atoms with Crippen LogP contribution in [0.3, 0.4) is 0 Å². The first-order valence-electron chi connectivity index (χ1n) is 8.11. The summed E-state index contributed by atoms with van der Waals surface area (Å²) in [4.78, 5) is 23.5. The SMILES string of the molecule is Cc1sc2ncnc(S[C@H](C)C(=O)Nc3ccc4c(c3)OCO4)c2c1C. The summed E-state index contributed by atoms with van der Waals surface area (Å²) < 4.78 is 10.6. The fraction of sp³-hybridized carbons (Fsp3) is 0.278. The molecule has 134 valence electrons. The smallest absolute Gasteiger partial charge is 0.237 e. The van der Waals surface area contributed by atoms with Gasteiger partial charge in [-0.1, -0.05) is 11.8 Å². The molecule has 3 aromatic rings. The zero-order chi connectivity index (χ0) is 18.3. The molecule has 2 aromatic heterocycles. The van der Waals surface area contributed by atoms with Crippen LogP contribution in [-0.4, -0.2) is 27.9 Å². The highest BCUT2D eigenvalue weighted by molar-refractivity contribution is 8.00. The Bertz CT molecular complexity index is 1000. The maximum atomic E-state index is 12.6. The number of benzene rings is 1. The van der Waals surface area contributed by atoms with Gasteiger partial charge in [0.1, 0.15) is 16.2 Å². The van der Waals surface area contributed by atoms with Gasteiger partial charge in [0.15, 0.2) is 11.5 Å². The van der Waals surface area contributed by atoms with Crippen molar-refractivity contribution < 1.29 is 14.3 Å². The summed E-state index contributed by atoms with van der Waals surface area (Å²) >= 11 is 3.09. The number of amides is 1. The minimum Gasteiger partial charge on any atom is -0.454 e. The molecule has 1 amide bonds. The van der Waals surface area contributed by atoms with Crippen molar-refractivity contribution in [3.8, 4) is 11.5 Å². The molecule has 4 rings (SSSR count). The Hall–Kier alpha value is -2.32. The molecular formula is C18H17N3O3S2. The normalized spacial score (nSPS) is 13.8. The van der Waals surface area contributed by atoms with Crippen LogP contribution in [0.4, 0.5) is 5.69 Å². The van der Waals surface area contributed by atoms with E-state index in [1.54, 1.807) is 35.9 Å². The van der Waals surface area contributed by atoms with E-state index in [0.29, 0.717) is 17.2 Å². The first-order chi connectivity index (χ1) is 12.5. The largest absolute Gasteiger partial charge is 0.454 e. The Balaban J connectivity index is 1.51. The van der Waals surface area contributed by atoms with Gasteiger partial charge < -0.3 is 14.8 Å². The fourth-order valence-electron chi connectivity index (χ4n) is 2.68. The molecule has 0 saturated carbocycles. The molecule has 0 spiro atoms. The molecular weight excluding hydrogens is 370 g/mol. The van der Waals surface area contributed by atoms with Gasteiger partial charge in [0.25, 0.3) is 0 Å². The molecule has 1 aliphatic heterocycles. The predicted molar refractivity (Wildman–Crippen MR) is 103 cm³/mol. The highest BCUT2D eigenvalue weighted by Crippen LogP contribution is 2.37. The third kappa shape index (κ3) is 3.10. The van der Waals surface area contributed by atoms with E-state index in [4.69, 9.17) is 9.47 Å². The maximum Gasteiger partial charge on any atom is 0.237 e. The molecule has 1 aliphatic rings. The number of fused-ring (bicyclic) bond motifs is 2. The highest BCUT2D eigenvalue weighted by Gasteiger charge is 2.20. The zero-order valence-corrected chi connectivity index (χ0v) is 16.2. The Labute approximate surface area is 158 Å². The first kappa shape index (κ1) is 17.1. The van der Waals surface area contributed by atoms with E-state index in [1.807, 2.05) is 6.92 Å². The van der Waals surface area contributed by atoms with Crippen LogP contribution < -0.4 is 14.8 Å². The first-order valence-corrected chi connectivity index (χ1v) is 9.80. The third-order valence-electron chi connectivity index (χ3n) is 4.23.